The van der Waals surface area contributed by atoms with Crippen LogP contribution in [0.3, 0.4) is 0 Å². The minimum absolute atomic E-state index is 0.0680. The van der Waals surface area contributed by atoms with Crippen molar-refractivity contribution in [3.05, 3.63) is 57.8 Å². The van der Waals surface area contributed by atoms with E-state index in [-0.39, 0.29) is 19.1 Å². The highest BCUT2D eigenvalue weighted by Crippen LogP contribution is 2.41. The number of hydrogen-bond donors (Lipinski definition) is 2. The molecule has 1 saturated heterocycles. The number of aliphatic hydroxyl groups is 1. The summed E-state index contributed by atoms with van der Waals surface area (Å²) in [4.78, 5) is 27.6. The zero-order chi connectivity index (χ0) is 18.1. The fraction of sp³-hybridized carbons (Fsp3) is 0.368. The van der Waals surface area contributed by atoms with Crippen LogP contribution in [0.5, 0.6) is 0 Å². The summed E-state index contributed by atoms with van der Waals surface area (Å²) in [5, 5.41) is 15.0. The Morgan fingerprint density at radius 1 is 1.27 bits per heavy atom. The predicted octanol–water partition coefficient (Wildman–Crippen LogP) is 2.02. The molecule has 2 aromatic rings. The first-order valence-electron chi connectivity index (χ1n) is 8.61. The van der Waals surface area contributed by atoms with Crippen LogP contribution in [0.15, 0.2) is 41.8 Å². The Hall–Kier alpha value is -2.22. The number of hydrogen-bond acceptors (Lipinski definition) is 5. The van der Waals surface area contributed by atoms with Crippen LogP contribution in [-0.4, -0.2) is 41.2 Å². The average molecular weight is 372 g/mol. The molecule has 2 atom stereocenters. The average Bonchev–Trinajstić information content (AvgIpc) is 3.33. The SMILES string of the molecule is O=C1N[C@@]2(CCc3ccccc32)C(=O)N1C[C@H](O)COCc1cccs1. The van der Waals surface area contributed by atoms with Crippen LogP contribution < -0.4 is 5.32 Å². The summed E-state index contributed by atoms with van der Waals surface area (Å²) >= 11 is 1.58. The van der Waals surface area contributed by atoms with E-state index in [0.717, 1.165) is 27.3 Å². The standard InChI is InChI=1S/C19H20N2O4S/c22-14(11-25-12-15-5-3-9-26-15)10-21-17(23)19(20-18(21)24)8-7-13-4-1-2-6-16(13)19/h1-6,9,14,22H,7-8,10-12H2,(H,20,24)/t14-,19+/m0/s1. The second-order valence-corrected chi connectivity index (χ2v) is 7.69. The van der Waals surface area contributed by atoms with Crippen molar-refractivity contribution in [3.8, 4) is 0 Å². The van der Waals surface area contributed by atoms with Gasteiger partial charge in [-0.25, -0.2) is 4.79 Å². The van der Waals surface area contributed by atoms with Crippen molar-refractivity contribution in [2.24, 2.45) is 0 Å². The van der Waals surface area contributed by atoms with Crippen molar-refractivity contribution < 1.29 is 19.4 Å². The highest BCUT2D eigenvalue weighted by atomic mass is 32.1. The maximum atomic E-state index is 13.0. The molecule has 6 nitrogen and oxygen atoms in total. The fourth-order valence-electron chi connectivity index (χ4n) is 3.71. The third-order valence-electron chi connectivity index (χ3n) is 4.95. The van der Waals surface area contributed by atoms with E-state index >= 15 is 0 Å². The van der Waals surface area contributed by atoms with Crippen LogP contribution in [0, 0.1) is 0 Å². The lowest BCUT2D eigenvalue weighted by atomic mass is 9.92. The second-order valence-electron chi connectivity index (χ2n) is 6.66. The van der Waals surface area contributed by atoms with E-state index in [0.29, 0.717) is 13.0 Å². The zero-order valence-electron chi connectivity index (χ0n) is 14.2. The van der Waals surface area contributed by atoms with E-state index in [4.69, 9.17) is 4.74 Å². The molecule has 2 N–H and O–H groups in total. The number of aryl methyl sites for hydroxylation is 1. The Labute approximate surface area is 155 Å². The van der Waals surface area contributed by atoms with Gasteiger partial charge in [0.05, 0.1) is 25.9 Å². The smallest absolute Gasteiger partial charge is 0.325 e. The van der Waals surface area contributed by atoms with Crippen LogP contribution in [0.1, 0.15) is 22.4 Å². The molecule has 1 fully saturated rings. The van der Waals surface area contributed by atoms with E-state index in [9.17, 15) is 14.7 Å². The Morgan fingerprint density at radius 2 is 2.12 bits per heavy atom. The molecular weight excluding hydrogens is 352 g/mol. The monoisotopic (exact) mass is 372 g/mol. The number of amides is 3. The molecule has 26 heavy (non-hydrogen) atoms. The van der Waals surface area contributed by atoms with Gasteiger partial charge in [-0.2, -0.15) is 0 Å². The summed E-state index contributed by atoms with van der Waals surface area (Å²) in [6.45, 7) is 0.407. The lowest BCUT2D eigenvalue weighted by Crippen LogP contribution is -2.43. The molecular formula is C19H20N2O4S. The molecule has 1 spiro atoms. The van der Waals surface area contributed by atoms with E-state index < -0.39 is 17.7 Å². The number of imide groups is 1. The Morgan fingerprint density at radius 3 is 2.92 bits per heavy atom. The maximum absolute atomic E-state index is 13.0. The van der Waals surface area contributed by atoms with Crippen molar-refractivity contribution >= 4 is 23.3 Å². The topological polar surface area (TPSA) is 78.9 Å². The molecule has 1 aromatic heterocycles. The van der Waals surface area contributed by atoms with E-state index in [1.54, 1.807) is 11.3 Å². The Kier molecular flexibility index (Phi) is 4.52. The molecule has 2 aliphatic rings. The maximum Gasteiger partial charge on any atom is 0.325 e. The van der Waals surface area contributed by atoms with Crippen molar-refractivity contribution in [3.63, 3.8) is 0 Å². The van der Waals surface area contributed by atoms with Crippen LogP contribution in [0.4, 0.5) is 4.79 Å². The molecule has 0 unspecified atom stereocenters. The summed E-state index contributed by atoms with van der Waals surface area (Å²) in [5.74, 6) is -0.287. The van der Waals surface area contributed by atoms with Gasteiger partial charge in [-0.3, -0.25) is 9.69 Å². The number of carbonyl (C=O) groups excluding carboxylic acids is 2. The van der Waals surface area contributed by atoms with Gasteiger partial charge in [-0.1, -0.05) is 30.3 Å². The Balaban J connectivity index is 1.40. The van der Waals surface area contributed by atoms with Crippen LogP contribution in [-0.2, 0) is 28.1 Å². The van der Waals surface area contributed by atoms with Crippen molar-refractivity contribution in [2.75, 3.05) is 13.2 Å². The summed E-state index contributed by atoms with van der Waals surface area (Å²) in [6.07, 6.45) is 0.387. The first kappa shape index (κ1) is 17.2. The van der Waals surface area contributed by atoms with Gasteiger partial charge in [-0.05, 0) is 35.4 Å². The molecule has 0 saturated carbocycles. The largest absolute Gasteiger partial charge is 0.389 e. The molecule has 0 radical (unpaired) electrons. The molecule has 0 bridgehead atoms. The minimum atomic E-state index is -0.981. The lowest BCUT2D eigenvalue weighted by molar-refractivity contribution is -0.133. The van der Waals surface area contributed by atoms with Gasteiger partial charge < -0.3 is 15.2 Å². The number of nitrogens with one attached hydrogen (secondary N) is 1. The molecule has 4 rings (SSSR count). The first-order chi connectivity index (χ1) is 12.6. The number of benzene rings is 1. The quantitative estimate of drug-likeness (QED) is 0.761. The van der Waals surface area contributed by atoms with Crippen molar-refractivity contribution in [1.29, 1.82) is 0 Å². The summed E-state index contributed by atoms with van der Waals surface area (Å²) in [7, 11) is 0. The molecule has 3 amide bonds. The van der Waals surface area contributed by atoms with Gasteiger partial charge in [0.25, 0.3) is 5.91 Å². The molecule has 1 aromatic carbocycles. The number of aliphatic hydroxyl groups excluding tert-OH is 1. The second kappa shape index (κ2) is 6.83. The number of nitrogens with zero attached hydrogens (tertiary/aromatic N) is 1. The predicted molar refractivity (Wildman–Crippen MR) is 96.7 cm³/mol. The number of rotatable bonds is 6. The third kappa shape index (κ3) is 2.92. The summed E-state index contributed by atoms with van der Waals surface area (Å²) < 4.78 is 5.48. The van der Waals surface area contributed by atoms with Gasteiger partial charge in [0.2, 0.25) is 0 Å². The van der Waals surface area contributed by atoms with E-state index in [1.807, 2.05) is 41.8 Å². The number of β-amino-alcohol motifs (C(OH)–C–C–N with tert-alkyl or cyclic N) is 1. The number of carbonyl (C=O) groups is 2. The minimum Gasteiger partial charge on any atom is -0.389 e. The van der Waals surface area contributed by atoms with Gasteiger partial charge in [-0.15, -0.1) is 11.3 Å². The molecule has 136 valence electrons. The first-order valence-corrected chi connectivity index (χ1v) is 9.49. The molecule has 1 aliphatic heterocycles. The highest BCUT2D eigenvalue weighted by Gasteiger charge is 2.55. The van der Waals surface area contributed by atoms with E-state index in [2.05, 4.69) is 5.32 Å². The fourth-order valence-corrected chi connectivity index (χ4v) is 4.35. The van der Waals surface area contributed by atoms with Gasteiger partial charge >= 0.3 is 6.03 Å². The van der Waals surface area contributed by atoms with Gasteiger partial charge in [0.1, 0.15) is 5.54 Å². The van der Waals surface area contributed by atoms with Crippen LogP contribution in [0.2, 0.25) is 0 Å². The molecule has 1 aliphatic carbocycles. The van der Waals surface area contributed by atoms with Crippen molar-refractivity contribution in [1.82, 2.24) is 10.2 Å². The highest BCUT2D eigenvalue weighted by molar-refractivity contribution is 7.09. The van der Waals surface area contributed by atoms with Crippen LogP contribution in [0.25, 0.3) is 0 Å². The Bertz CT molecular complexity index is 823. The molecule has 7 heteroatoms. The summed E-state index contributed by atoms with van der Waals surface area (Å²) in [5.41, 5.74) is 0.970. The van der Waals surface area contributed by atoms with Crippen LogP contribution >= 0.6 is 11.3 Å². The zero-order valence-corrected chi connectivity index (χ0v) is 15.0. The van der Waals surface area contributed by atoms with Crippen molar-refractivity contribution in [2.45, 2.75) is 31.1 Å². The number of ether oxygens (including phenoxy) is 1. The summed E-state index contributed by atoms with van der Waals surface area (Å²) in [6, 6.07) is 11.1. The normalized spacial score (nSPS) is 22.7. The molecule has 2 heterocycles. The number of thiophene rings is 1. The third-order valence-corrected chi connectivity index (χ3v) is 5.80. The van der Waals surface area contributed by atoms with Gasteiger partial charge in [0, 0.05) is 4.88 Å². The lowest BCUT2D eigenvalue weighted by Gasteiger charge is -2.23. The van der Waals surface area contributed by atoms with Gasteiger partial charge in [0.15, 0.2) is 0 Å². The number of urea groups is 1. The number of fused-ring (bicyclic) bond motifs is 2. The van der Waals surface area contributed by atoms with E-state index in [1.165, 1.54) is 0 Å².